The van der Waals surface area contributed by atoms with Crippen LogP contribution in [0.15, 0.2) is 60.1 Å². The highest BCUT2D eigenvalue weighted by atomic mass is 127. The number of hydroxylamine groups is 1. The van der Waals surface area contributed by atoms with Crippen molar-refractivity contribution in [3.63, 3.8) is 0 Å². The maximum Gasteiger partial charge on any atom is 0.277 e. The third-order valence-electron chi connectivity index (χ3n) is 12.3. The van der Waals surface area contributed by atoms with Crippen LogP contribution in [0.2, 0.25) is 0 Å². The van der Waals surface area contributed by atoms with E-state index in [9.17, 15) is 46.6 Å². The van der Waals surface area contributed by atoms with Crippen molar-refractivity contribution < 1.29 is 51.5 Å². The molecule has 1 saturated heterocycles. The van der Waals surface area contributed by atoms with Gasteiger partial charge in [0, 0.05) is 23.1 Å². The fourth-order valence-electron chi connectivity index (χ4n) is 8.05. The number of nitrogens with one attached hydrogen (secondary N) is 6. The van der Waals surface area contributed by atoms with Crippen LogP contribution in [0.3, 0.4) is 0 Å². The first-order valence-electron chi connectivity index (χ1n) is 23.6. The number of likely N-dealkylation sites (tertiary alicyclic amines) is 1. The zero-order valence-electron chi connectivity index (χ0n) is 40.1. The van der Waals surface area contributed by atoms with Gasteiger partial charge in [-0.1, -0.05) is 57.9 Å². The molecule has 1 aromatic heterocycles. The quantitative estimate of drug-likeness (QED) is 0.0160. The van der Waals surface area contributed by atoms with Gasteiger partial charge in [-0.25, -0.2) is 28.0 Å². The van der Waals surface area contributed by atoms with Gasteiger partial charge in [0.2, 0.25) is 17.7 Å². The number of halogens is 5. The number of amides is 5. The molecule has 1 aliphatic carbocycles. The third kappa shape index (κ3) is 15.2. The molecule has 0 bridgehead atoms. The summed E-state index contributed by atoms with van der Waals surface area (Å²) in [4.78, 5) is 79.0. The van der Waals surface area contributed by atoms with E-state index in [-0.39, 0.29) is 56.0 Å². The predicted molar refractivity (Wildman–Crippen MR) is 270 cm³/mol. The smallest absolute Gasteiger partial charge is 0.277 e. The largest absolute Gasteiger partial charge is 0.391 e. The number of carbonyl (C=O) groups is 5. The Bertz CT molecular complexity index is 2530. The summed E-state index contributed by atoms with van der Waals surface area (Å²) in [6, 6.07) is 10.4. The van der Waals surface area contributed by atoms with E-state index in [1.54, 1.807) is 32.3 Å². The van der Waals surface area contributed by atoms with Crippen molar-refractivity contribution in [1.82, 2.24) is 36.6 Å². The monoisotopic (exact) mass is 1120 g/mol. The summed E-state index contributed by atoms with van der Waals surface area (Å²) >= 11 is 3.41. The molecule has 2 aliphatic rings. The van der Waals surface area contributed by atoms with Crippen molar-refractivity contribution in [3.05, 3.63) is 98.0 Å². The molecule has 6 rings (SSSR count). The third-order valence-corrected chi connectivity index (χ3v) is 13.9. The van der Waals surface area contributed by atoms with Crippen LogP contribution in [0.4, 0.5) is 28.9 Å². The standard InChI is InChI=1S/C50H61F4IN8O7S/c1-29-43(71-28-58-29)31-12-10-30(11-13-31)38(60-46(67)39-25-33(64)27-63(39)47(68)44(49(2,3)4)61-48(69)50(54)18-19-50)26-40(65)57-22-8-6-5-7-20-56-21-9-23-70-62-45(66)34-15-16-35(51)41(53)42(34)59-37-17-14-32(55)24-36(37)52/h10-17,24,28,33,38-39,44,56,59,64H,5-9,18-23,25-27H2,1-4H3,(H,57,65)(H,60,67)(H,61,69)(H,62,66)/t33-,38+,39+,44?/m1/s1. The fraction of sp³-hybridized carbons (Fsp3) is 0.480. The lowest BCUT2D eigenvalue weighted by Crippen LogP contribution is -2.59. The van der Waals surface area contributed by atoms with Crippen LogP contribution in [0.5, 0.6) is 0 Å². The van der Waals surface area contributed by atoms with E-state index in [1.165, 1.54) is 28.4 Å². The Kier molecular flexibility index (Phi) is 19.4. The summed E-state index contributed by atoms with van der Waals surface area (Å²) in [6.07, 6.45) is 2.76. The second kappa shape index (κ2) is 24.9. The minimum atomic E-state index is -2.02. The molecule has 384 valence electrons. The highest BCUT2D eigenvalue weighted by molar-refractivity contribution is 14.1. The van der Waals surface area contributed by atoms with Gasteiger partial charge in [0.15, 0.2) is 17.3 Å². The van der Waals surface area contributed by atoms with Crippen molar-refractivity contribution in [3.8, 4) is 10.4 Å². The van der Waals surface area contributed by atoms with Gasteiger partial charge < -0.3 is 36.6 Å². The molecular weight excluding hydrogens is 1060 g/mol. The summed E-state index contributed by atoms with van der Waals surface area (Å²) in [5.74, 6) is -6.45. The number of thiazole rings is 1. The average molecular weight is 1120 g/mol. The van der Waals surface area contributed by atoms with E-state index in [2.05, 4.69) is 37.0 Å². The van der Waals surface area contributed by atoms with Crippen LogP contribution in [0.1, 0.15) is 106 Å². The fourth-order valence-corrected chi connectivity index (χ4v) is 9.32. The van der Waals surface area contributed by atoms with Crippen molar-refractivity contribution in [2.45, 2.75) is 115 Å². The number of β-amino-alcohol motifs (C(OH)–C–C–N with tert-alkyl or cyclic N) is 1. The Morgan fingerprint density at radius 2 is 1.63 bits per heavy atom. The number of aromatic nitrogens is 1. The highest BCUT2D eigenvalue weighted by Crippen LogP contribution is 2.41. The van der Waals surface area contributed by atoms with Gasteiger partial charge in [-0.3, -0.25) is 28.8 Å². The molecule has 5 amide bonds. The number of carbonyl (C=O) groups excluding carboxylic acids is 5. The summed E-state index contributed by atoms with van der Waals surface area (Å²) in [7, 11) is 0. The van der Waals surface area contributed by atoms with Crippen LogP contribution >= 0.6 is 33.9 Å². The molecule has 4 aromatic rings. The van der Waals surface area contributed by atoms with E-state index in [1.807, 2.05) is 53.8 Å². The van der Waals surface area contributed by atoms with E-state index in [0.29, 0.717) is 41.6 Å². The Morgan fingerprint density at radius 1 is 0.930 bits per heavy atom. The molecule has 21 heteroatoms. The van der Waals surface area contributed by atoms with E-state index in [0.717, 1.165) is 47.5 Å². The summed E-state index contributed by atoms with van der Waals surface area (Å²) in [5, 5.41) is 25.0. The number of aliphatic hydroxyl groups is 1. The van der Waals surface area contributed by atoms with Gasteiger partial charge in [0.1, 0.15) is 17.9 Å². The van der Waals surface area contributed by atoms with Crippen molar-refractivity contribution in [2.75, 3.05) is 38.1 Å². The molecule has 7 N–H and O–H groups in total. The first-order chi connectivity index (χ1) is 33.7. The number of aryl methyl sites for hydroxylation is 1. The molecular formula is C50H61F4IN8O7S. The Morgan fingerprint density at radius 3 is 2.30 bits per heavy atom. The van der Waals surface area contributed by atoms with Gasteiger partial charge in [0.25, 0.3) is 11.8 Å². The summed E-state index contributed by atoms with van der Waals surface area (Å²) in [6.45, 7) is 8.76. The van der Waals surface area contributed by atoms with E-state index < -0.39 is 82.1 Å². The molecule has 15 nitrogen and oxygen atoms in total. The van der Waals surface area contributed by atoms with Crippen LogP contribution in [0.25, 0.3) is 10.4 Å². The van der Waals surface area contributed by atoms with E-state index in [4.69, 9.17) is 4.84 Å². The number of benzene rings is 3. The summed E-state index contributed by atoms with van der Waals surface area (Å²) < 4.78 is 58.5. The first kappa shape index (κ1) is 55.1. The number of alkyl halides is 1. The van der Waals surface area contributed by atoms with Gasteiger partial charge in [-0.15, -0.1) is 11.3 Å². The van der Waals surface area contributed by atoms with Crippen LogP contribution < -0.4 is 32.1 Å². The normalized spacial score (nSPS) is 17.0. The Balaban J connectivity index is 0.928. The minimum absolute atomic E-state index is 0.0635. The maximum atomic E-state index is 14.7. The number of hydrogen-bond acceptors (Lipinski definition) is 11. The number of rotatable bonds is 24. The maximum absolute atomic E-state index is 14.7. The van der Waals surface area contributed by atoms with Crippen molar-refractivity contribution in [1.29, 1.82) is 0 Å². The molecule has 1 aliphatic heterocycles. The number of aliphatic hydroxyl groups excluding tert-OH is 1. The molecule has 0 radical (unpaired) electrons. The van der Waals surface area contributed by atoms with Gasteiger partial charge >= 0.3 is 0 Å². The lowest BCUT2D eigenvalue weighted by molar-refractivity contribution is -0.145. The predicted octanol–water partition coefficient (Wildman–Crippen LogP) is 7.44. The molecule has 2 heterocycles. The molecule has 1 unspecified atom stereocenters. The minimum Gasteiger partial charge on any atom is -0.391 e. The number of anilines is 2. The molecule has 0 spiro atoms. The second-order valence-electron chi connectivity index (χ2n) is 19.0. The highest BCUT2D eigenvalue weighted by Gasteiger charge is 2.53. The van der Waals surface area contributed by atoms with E-state index >= 15 is 0 Å². The van der Waals surface area contributed by atoms with Crippen molar-refractivity contribution >= 4 is 74.8 Å². The zero-order valence-corrected chi connectivity index (χ0v) is 43.0. The first-order valence-corrected chi connectivity index (χ1v) is 25.6. The summed E-state index contributed by atoms with van der Waals surface area (Å²) in [5.41, 5.74) is 2.63. The SMILES string of the molecule is Cc1ncsc1-c1ccc([C@H](CC(=O)NCCCCCCNCCCONC(=O)c2ccc(F)c(F)c2Nc2ccc(I)cc2F)NC(=O)[C@@H]2C[C@@H](O)CN2C(=O)C(NC(=O)C2(F)CC2)C(C)(C)C)cc1. The number of hydrogen-bond donors (Lipinski definition) is 7. The molecule has 3 aromatic carbocycles. The molecule has 4 atom stereocenters. The number of nitrogens with zero attached hydrogens (tertiary/aromatic N) is 2. The van der Waals surface area contributed by atoms with Gasteiger partial charge in [-0.2, -0.15) is 0 Å². The molecule has 71 heavy (non-hydrogen) atoms. The second-order valence-corrected chi connectivity index (χ2v) is 21.1. The van der Waals surface area contributed by atoms with Crippen LogP contribution in [-0.2, 0) is 24.0 Å². The zero-order chi connectivity index (χ0) is 51.5. The molecule has 1 saturated carbocycles. The molecule has 2 fully saturated rings. The average Bonchev–Trinajstić information content (AvgIpc) is 3.73. The lowest BCUT2D eigenvalue weighted by atomic mass is 9.85. The van der Waals surface area contributed by atoms with Crippen LogP contribution in [0, 0.1) is 33.4 Å². The number of unbranched alkanes of at least 4 members (excludes halogenated alkanes) is 3. The Hall–Kier alpha value is -5.23. The lowest BCUT2D eigenvalue weighted by Gasteiger charge is -2.36. The topological polar surface area (TPSA) is 203 Å². The van der Waals surface area contributed by atoms with Gasteiger partial charge in [0.05, 0.1) is 58.2 Å². The van der Waals surface area contributed by atoms with Crippen molar-refractivity contribution in [2.24, 2.45) is 5.41 Å². The Labute approximate surface area is 428 Å². The van der Waals surface area contributed by atoms with Crippen LogP contribution in [-0.4, -0.2) is 101 Å². The van der Waals surface area contributed by atoms with Gasteiger partial charge in [-0.05, 0) is 122 Å².